The van der Waals surface area contributed by atoms with Gasteiger partial charge in [0.2, 0.25) is 0 Å². The lowest BCUT2D eigenvalue weighted by atomic mass is 10.0. The first-order valence-corrected chi connectivity index (χ1v) is 5.45. The van der Waals surface area contributed by atoms with E-state index >= 15 is 0 Å². The van der Waals surface area contributed by atoms with Gasteiger partial charge in [-0.2, -0.15) is 0 Å². The van der Waals surface area contributed by atoms with Crippen molar-refractivity contribution >= 4 is 0 Å². The van der Waals surface area contributed by atoms with Crippen LogP contribution in [0.1, 0.15) is 18.3 Å². The van der Waals surface area contributed by atoms with Gasteiger partial charge in [-0.25, -0.2) is 9.97 Å². The minimum absolute atomic E-state index is 0.529. The van der Waals surface area contributed by atoms with Gasteiger partial charge in [-0.1, -0.05) is 31.2 Å². The molecule has 3 heteroatoms. The molecule has 1 heterocycles. The normalized spacial score (nSPS) is 10.4. The zero-order valence-corrected chi connectivity index (χ0v) is 9.35. The highest BCUT2D eigenvalue weighted by Crippen LogP contribution is 2.20. The molecule has 0 amide bonds. The van der Waals surface area contributed by atoms with Gasteiger partial charge < -0.3 is 5.73 Å². The second-order valence-electron chi connectivity index (χ2n) is 3.57. The minimum atomic E-state index is 0.529. The van der Waals surface area contributed by atoms with E-state index in [0.717, 1.165) is 29.1 Å². The van der Waals surface area contributed by atoms with Crippen LogP contribution >= 0.6 is 0 Å². The molecule has 0 fully saturated rings. The fourth-order valence-corrected chi connectivity index (χ4v) is 1.67. The molecule has 2 N–H and O–H groups in total. The first kappa shape index (κ1) is 10.8. The summed E-state index contributed by atoms with van der Waals surface area (Å²) in [6.07, 6.45) is 2.65. The predicted molar refractivity (Wildman–Crippen MR) is 64.7 cm³/mol. The van der Waals surface area contributed by atoms with E-state index in [1.165, 1.54) is 0 Å². The van der Waals surface area contributed by atoms with Crippen molar-refractivity contribution < 1.29 is 0 Å². The lowest BCUT2D eigenvalue weighted by Crippen LogP contribution is -2.01. The summed E-state index contributed by atoms with van der Waals surface area (Å²) < 4.78 is 0. The van der Waals surface area contributed by atoms with Crippen LogP contribution in [0.2, 0.25) is 0 Å². The van der Waals surface area contributed by atoms with E-state index in [0.29, 0.717) is 6.54 Å². The molecule has 1 aromatic heterocycles. The van der Waals surface area contributed by atoms with Crippen LogP contribution < -0.4 is 5.73 Å². The molecule has 0 atom stereocenters. The number of hydrogen-bond donors (Lipinski definition) is 1. The number of aryl methyl sites for hydroxylation is 1. The summed E-state index contributed by atoms with van der Waals surface area (Å²) in [5.74, 6) is 0.865. The Labute approximate surface area is 95.4 Å². The fraction of sp³-hybridized carbons (Fsp3) is 0.231. The van der Waals surface area contributed by atoms with Crippen molar-refractivity contribution in [3.8, 4) is 11.3 Å². The third-order valence-corrected chi connectivity index (χ3v) is 2.53. The van der Waals surface area contributed by atoms with Crippen LogP contribution in [0.25, 0.3) is 11.3 Å². The zero-order chi connectivity index (χ0) is 11.4. The summed E-state index contributed by atoms with van der Waals surface area (Å²) in [5.41, 5.74) is 8.88. The number of benzene rings is 1. The van der Waals surface area contributed by atoms with Crippen molar-refractivity contribution in [3.05, 3.63) is 47.9 Å². The smallest absolute Gasteiger partial charge is 0.128 e. The molecule has 2 aromatic rings. The molecule has 3 nitrogen and oxygen atoms in total. The van der Waals surface area contributed by atoms with E-state index < -0.39 is 0 Å². The first-order chi connectivity index (χ1) is 7.85. The van der Waals surface area contributed by atoms with Crippen LogP contribution in [0.4, 0.5) is 0 Å². The Hall–Kier alpha value is -1.74. The zero-order valence-electron chi connectivity index (χ0n) is 9.35. The van der Waals surface area contributed by atoms with Crippen molar-refractivity contribution in [3.63, 3.8) is 0 Å². The molecular weight excluding hydrogens is 198 g/mol. The minimum Gasteiger partial charge on any atom is -0.326 e. The summed E-state index contributed by atoms with van der Waals surface area (Å²) in [5, 5.41) is 0. The average Bonchev–Trinajstić information content (AvgIpc) is 2.38. The SMILES string of the molecule is CCc1nccc(-c2ccccc2CN)n1. The Morgan fingerprint density at radius 2 is 2.00 bits per heavy atom. The molecule has 16 heavy (non-hydrogen) atoms. The third kappa shape index (κ3) is 2.09. The molecule has 2 rings (SSSR count). The number of hydrogen-bond acceptors (Lipinski definition) is 3. The van der Waals surface area contributed by atoms with Crippen LogP contribution in [-0.4, -0.2) is 9.97 Å². The Balaban J connectivity index is 2.49. The van der Waals surface area contributed by atoms with Crippen LogP contribution in [0, 0.1) is 0 Å². The molecule has 0 spiro atoms. The summed E-state index contributed by atoms with van der Waals surface area (Å²) in [6, 6.07) is 10.00. The van der Waals surface area contributed by atoms with Crippen molar-refractivity contribution in [2.75, 3.05) is 0 Å². The van der Waals surface area contributed by atoms with Gasteiger partial charge in [0.15, 0.2) is 0 Å². The monoisotopic (exact) mass is 213 g/mol. The fourth-order valence-electron chi connectivity index (χ4n) is 1.67. The van der Waals surface area contributed by atoms with Crippen molar-refractivity contribution in [2.45, 2.75) is 19.9 Å². The van der Waals surface area contributed by atoms with Crippen molar-refractivity contribution in [1.29, 1.82) is 0 Å². The van der Waals surface area contributed by atoms with Gasteiger partial charge in [-0.05, 0) is 11.6 Å². The largest absolute Gasteiger partial charge is 0.326 e. The van der Waals surface area contributed by atoms with Crippen molar-refractivity contribution in [2.24, 2.45) is 5.73 Å². The quantitative estimate of drug-likeness (QED) is 0.850. The molecule has 0 unspecified atom stereocenters. The molecule has 1 aromatic carbocycles. The third-order valence-electron chi connectivity index (χ3n) is 2.53. The molecule has 0 aliphatic carbocycles. The topological polar surface area (TPSA) is 51.8 Å². The molecule has 0 radical (unpaired) electrons. The molecule has 0 saturated carbocycles. The molecule has 0 saturated heterocycles. The standard InChI is InChI=1S/C13H15N3/c1-2-13-15-8-7-12(16-13)11-6-4-3-5-10(11)9-14/h3-8H,2,9,14H2,1H3. The van der Waals surface area contributed by atoms with E-state index in [1.807, 2.05) is 37.3 Å². The van der Waals surface area contributed by atoms with Gasteiger partial charge in [0.1, 0.15) is 5.82 Å². The van der Waals surface area contributed by atoms with E-state index in [1.54, 1.807) is 6.20 Å². The van der Waals surface area contributed by atoms with E-state index in [4.69, 9.17) is 5.73 Å². The molecule has 0 aliphatic heterocycles. The second kappa shape index (κ2) is 4.86. The summed E-state index contributed by atoms with van der Waals surface area (Å²) in [7, 11) is 0. The van der Waals surface area contributed by atoms with Gasteiger partial charge in [0.25, 0.3) is 0 Å². The number of aromatic nitrogens is 2. The Morgan fingerprint density at radius 1 is 1.19 bits per heavy atom. The summed E-state index contributed by atoms with van der Waals surface area (Å²) in [6.45, 7) is 2.58. The first-order valence-electron chi connectivity index (χ1n) is 5.45. The summed E-state index contributed by atoms with van der Waals surface area (Å²) >= 11 is 0. The highest BCUT2D eigenvalue weighted by Gasteiger charge is 2.05. The predicted octanol–water partition coefficient (Wildman–Crippen LogP) is 2.16. The lowest BCUT2D eigenvalue weighted by molar-refractivity contribution is 0.941. The molecule has 0 bridgehead atoms. The van der Waals surface area contributed by atoms with E-state index in [2.05, 4.69) is 9.97 Å². The van der Waals surface area contributed by atoms with Crippen LogP contribution in [0.3, 0.4) is 0 Å². The Bertz CT molecular complexity index is 480. The van der Waals surface area contributed by atoms with Crippen LogP contribution in [-0.2, 0) is 13.0 Å². The van der Waals surface area contributed by atoms with Gasteiger partial charge in [-0.15, -0.1) is 0 Å². The van der Waals surface area contributed by atoms with Crippen molar-refractivity contribution in [1.82, 2.24) is 9.97 Å². The van der Waals surface area contributed by atoms with Crippen LogP contribution in [0.5, 0.6) is 0 Å². The maximum absolute atomic E-state index is 5.72. The van der Waals surface area contributed by atoms with Gasteiger partial charge in [-0.3, -0.25) is 0 Å². The summed E-state index contributed by atoms with van der Waals surface area (Å²) in [4.78, 5) is 8.70. The highest BCUT2D eigenvalue weighted by atomic mass is 14.9. The Kier molecular flexibility index (Phi) is 3.27. The Morgan fingerprint density at radius 3 is 2.75 bits per heavy atom. The lowest BCUT2D eigenvalue weighted by Gasteiger charge is -2.07. The maximum atomic E-state index is 5.72. The van der Waals surface area contributed by atoms with Gasteiger partial charge in [0.05, 0.1) is 5.69 Å². The maximum Gasteiger partial charge on any atom is 0.128 e. The molecule has 82 valence electrons. The number of nitrogens with two attached hydrogens (primary N) is 1. The van der Waals surface area contributed by atoms with Crippen LogP contribution in [0.15, 0.2) is 36.5 Å². The van der Waals surface area contributed by atoms with E-state index in [-0.39, 0.29) is 0 Å². The average molecular weight is 213 g/mol. The highest BCUT2D eigenvalue weighted by molar-refractivity contribution is 5.63. The van der Waals surface area contributed by atoms with Gasteiger partial charge in [0, 0.05) is 24.7 Å². The molecular formula is C13H15N3. The molecule has 0 aliphatic rings. The second-order valence-corrected chi connectivity index (χ2v) is 3.57. The number of nitrogens with zero attached hydrogens (tertiary/aromatic N) is 2. The van der Waals surface area contributed by atoms with Gasteiger partial charge >= 0.3 is 0 Å². The van der Waals surface area contributed by atoms with E-state index in [9.17, 15) is 0 Å². The number of rotatable bonds is 3.